The zero-order chi connectivity index (χ0) is 12.3. The predicted octanol–water partition coefficient (Wildman–Crippen LogP) is 2.27. The van der Waals surface area contributed by atoms with Crippen LogP contribution in [0.1, 0.15) is 23.2 Å². The predicted molar refractivity (Wildman–Crippen MR) is 72.1 cm³/mol. The third-order valence-corrected chi connectivity index (χ3v) is 3.76. The van der Waals surface area contributed by atoms with E-state index in [0.29, 0.717) is 6.04 Å². The van der Waals surface area contributed by atoms with Gasteiger partial charge >= 0.3 is 0 Å². The Morgan fingerprint density at radius 1 is 1.41 bits per heavy atom. The normalized spacial score (nSPS) is 17.2. The molecule has 0 aromatic heterocycles. The third-order valence-electron chi connectivity index (χ3n) is 3.26. The van der Waals surface area contributed by atoms with Crippen LogP contribution in [0, 0.1) is 0 Å². The average Bonchev–Trinajstić information content (AvgIpc) is 2.38. The summed E-state index contributed by atoms with van der Waals surface area (Å²) in [7, 11) is 1.98. The summed E-state index contributed by atoms with van der Waals surface area (Å²) < 4.78 is 0.952. The molecule has 17 heavy (non-hydrogen) atoms. The van der Waals surface area contributed by atoms with E-state index in [1.807, 2.05) is 36.2 Å². The second kappa shape index (κ2) is 5.65. The number of halogens is 1. The number of benzene rings is 1. The van der Waals surface area contributed by atoms with Gasteiger partial charge in [0.25, 0.3) is 5.91 Å². The van der Waals surface area contributed by atoms with Crippen LogP contribution in [0.5, 0.6) is 0 Å². The fourth-order valence-electron chi connectivity index (χ4n) is 2.18. The Hall–Kier alpha value is -0.870. The van der Waals surface area contributed by atoms with Gasteiger partial charge in [0, 0.05) is 29.2 Å². The number of nitrogens with one attached hydrogen (secondary N) is 1. The van der Waals surface area contributed by atoms with E-state index in [1.165, 1.54) is 0 Å². The van der Waals surface area contributed by atoms with Gasteiger partial charge in [-0.25, -0.2) is 0 Å². The Bertz CT molecular complexity index is 400. The number of carbonyl (C=O) groups excluding carboxylic acids is 1. The van der Waals surface area contributed by atoms with E-state index in [2.05, 4.69) is 21.2 Å². The lowest BCUT2D eigenvalue weighted by molar-refractivity contribution is 0.0707. The quantitative estimate of drug-likeness (QED) is 0.908. The van der Waals surface area contributed by atoms with Gasteiger partial charge in [0.1, 0.15) is 0 Å². The highest BCUT2D eigenvalue weighted by Crippen LogP contribution is 2.16. The summed E-state index contributed by atoms with van der Waals surface area (Å²) in [5.41, 5.74) is 0.766. The number of hydrogen-bond donors (Lipinski definition) is 1. The molecule has 1 fully saturated rings. The van der Waals surface area contributed by atoms with Crippen LogP contribution in [0.15, 0.2) is 28.7 Å². The molecule has 4 heteroatoms. The molecule has 0 saturated carbocycles. The number of carbonyl (C=O) groups is 1. The summed E-state index contributed by atoms with van der Waals surface area (Å²) in [5.74, 6) is 0.140. The highest BCUT2D eigenvalue weighted by atomic mass is 79.9. The molecule has 1 aromatic carbocycles. The van der Waals surface area contributed by atoms with Gasteiger partial charge in [-0.1, -0.05) is 22.0 Å². The molecule has 1 aromatic rings. The summed E-state index contributed by atoms with van der Waals surface area (Å²) >= 11 is 3.39. The average molecular weight is 297 g/mol. The number of likely N-dealkylation sites (tertiary alicyclic amines) is 1. The first-order valence-corrected chi connectivity index (χ1v) is 6.72. The van der Waals surface area contributed by atoms with Crippen molar-refractivity contribution < 1.29 is 4.79 Å². The van der Waals surface area contributed by atoms with E-state index in [9.17, 15) is 4.79 Å². The number of rotatable bonds is 2. The van der Waals surface area contributed by atoms with Gasteiger partial charge in [-0.3, -0.25) is 4.79 Å². The van der Waals surface area contributed by atoms with Gasteiger partial charge in [0.15, 0.2) is 0 Å². The number of hydrogen-bond acceptors (Lipinski definition) is 2. The van der Waals surface area contributed by atoms with Crippen LogP contribution in [-0.2, 0) is 0 Å². The summed E-state index contributed by atoms with van der Waals surface area (Å²) in [6.45, 7) is 1.69. The molecule has 1 heterocycles. The molecule has 0 unspecified atom stereocenters. The van der Waals surface area contributed by atoms with Crippen LogP contribution in [0.4, 0.5) is 0 Å². The maximum atomic E-state index is 12.2. The Balaban J connectivity index is 2.02. The maximum Gasteiger partial charge on any atom is 0.253 e. The number of amides is 1. The Labute approximate surface area is 110 Å². The van der Waals surface area contributed by atoms with Crippen molar-refractivity contribution in [2.45, 2.75) is 18.9 Å². The lowest BCUT2D eigenvalue weighted by Gasteiger charge is -2.31. The van der Waals surface area contributed by atoms with Crippen molar-refractivity contribution in [1.82, 2.24) is 10.2 Å². The monoisotopic (exact) mass is 296 g/mol. The van der Waals surface area contributed by atoms with Crippen molar-refractivity contribution in [3.63, 3.8) is 0 Å². The smallest absolute Gasteiger partial charge is 0.253 e. The second-order valence-electron chi connectivity index (χ2n) is 4.37. The summed E-state index contributed by atoms with van der Waals surface area (Å²) in [6.07, 6.45) is 2.08. The van der Waals surface area contributed by atoms with Crippen LogP contribution in [-0.4, -0.2) is 37.0 Å². The molecular weight excluding hydrogens is 280 g/mol. The Morgan fingerprint density at radius 2 is 2.12 bits per heavy atom. The van der Waals surface area contributed by atoms with Crippen molar-refractivity contribution in [3.8, 4) is 0 Å². The van der Waals surface area contributed by atoms with E-state index in [1.54, 1.807) is 0 Å². The first-order chi connectivity index (χ1) is 8.20. The molecule has 3 nitrogen and oxygen atoms in total. The zero-order valence-corrected chi connectivity index (χ0v) is 11.5. The van der Waals surface area contributed by atoms with Gasteiger partial charge in [-0.2, -0.15) is 0 Å². The molecule has 1 N–H and O–H groups in total. The SMILES string of the molecule is CNC1CCN(C(=O)c2cccc(Br)c2)CC1. The van der Waals surface area contributed by atoms with Gasteiger partial charge in [0.05, 0.1) is 0 Å². The van der Waals surface area contributed by atoms with Crippen molar-refractivity contribution in [2.24, 2.45) is 0 Å². The Morgan fingerprint density at radius 3 is 2.71 bits per heavy atom. The molecule has 1 amide bonds. The molecule has 0 spiro atoms. The van der Waals surface area contributed by atoms with E-state index in [0.717, 1.165) is 36.0 Å². The maximum absolute atomic E-state index is 12.2. The first-order valence-electron chi connectivity index (χ1n) is 5.93. The minimum atomic E-state index is 0.140. The molecule has 1 aliphatic heterocycles. The summed E-state index contributed by atoms with van der Waals surface area (Å²) in [5, 5.41) is 3.27. The van der Waals surface area contributed by atoms with Crippen LogP contribution >= 0.6 is 15.9 Å². The highest BCUT2D eigenvalue weighted by Gasteiger charge is 2.22. The third kappa shape index (κ3) is 3.07. The first kappa shape index (κ1) is 12.6. The molecule has 2 rings (SSSR count). The van der Waals surface area contributed by atoms with E-state index >= 15 is 0 Å². The number of piperidine rings is 1. The van der Waals surface area contributed by atoms with E-state index in [4.69, 9.17) is 0 Å². The number of nitrogens with zero attached hydrogens (tertiary/aromatic N) is 1. The van der Waals surface area contributed by atoms with Crippen LogP contribution in [0.2, 0.25) is 0 Å². The molecule has 92 valence electrons. The van der Waals surface area contributed by atoms with E-state index < -0.39 is 0 Å². The topological polar surface area (TPSA) is 32.3 Å². The van der Waals surface area contributed by atoms with Crippen molar-refractivity contribution in [1.29, 1.82) is 0 Å². The van der Waals surface area contributed by atoms with Crippen molar-refractivity contribution in [3.05, 3.63) is 34.3 Å². The standard InChI is InChI=1S/C13H17BrN2O/c1-15-12-5-7-16(8-6-12)13(17)10-3-2-4-11(14)9-10/h2-4,9,12,15H,5-8H2,1H3. The molecule has 0 bridgehead atoms. The molecule has 0 aliphatic carbocycles. The lowest BCUT2D eigenvalue weighted by Crippen LogP contribution is -2.43. The van der Waals surface area contributed by atoms with Gasteiger partial charge in [-0.05, 0) is 38.1 Å². The van der Waals surface area contributed by atoms with Crippen LogP contribution < -0.4 is 5.32 Å². The molecular formula is C13H17BrN2O. The van der Waals surface area contributed by atoms with Crippen molar-refractivity contribution >= 4 is 21.8 Å². The minimum absolute atomic E-state index is 0.140. The Kier molecular flexibility index (Phi) is 4.18. The fourth-order valence-corrected chi connectivity index (χ4v) is 2.57. The van der Waals surface area contributed by atoms with Crippen LogP contribution in [0.3, 0.4) is 0 Å². The van der Waals surface area contributed by atoms with Gasteiger partial charge in [-0.15, -0.1) is 0 Å². The largest absolute Gasteiger partial charge is 0.339 e. The van der Waals surface area contributed by atoms with Gasteiger partial charge in [0.2, 0.25) is 0 Å². The summed E-state index contributed by atoms with van der Waals surface area (Å²) in [4.78, 5) is 14.2. The molecule has 1 aliphatic rings. The van der Waals surface area contributed by atoms with Crippen molar-refractivity contribution in [2.75, 3.05) is 20.1 Å². The molecule has 1 saturated heterocycles. The van der Waals surface area contributed by atoms with Crippen LogP contribution in [0.25, 0.3) is 0 Å². The lowest BCUT2D eigenvalue weighted by atomic mass is 10.0. The molecule has 0 radical (unpaired) electrons. The summed E-state index contributed by atoms with van der Waals surface area (Å²) in [6, 6.07) is 8.15. The minimum Gasteiger partial charge on any atom is -0.339 e. The van der Waals surface area contributed by atoms with Gasteiger partial charge < -0.3 is 10.2 Å². The zero-order valence-electron chi connectivity index (χ0n) is 9.95. The van der Waals surface area contributed by atoms with E-state index in [-0.39, 0.29) is 5.91 Å². The second-order valence-corrected chi connectivity index (χ2v) is 5.28. The fraction of sp³-hybridized carbons (Fsp3) is 0.462. The molecule has 0 atom stereocenters. The highest BCUT2D eigenvalue weighted by molar-refractivity contribution is 9.10.